The van der Waals surface area contributed by atoms with Crippen LogP contribution in [0.2, 0.25) is 0 Å². The summed E-state index contributed by atoms with van der Waals surface area (Å²) in [5.74, 6) is -0.107. The van der Waals surface area contributed by atoms with Gasteiger partial charge in [-0.2, -0.15) is 0 Å². The second-order valence-electron chi connectivity index (χ2n) is 5.21. The molecule has 0 saturated heterocycles. The average Bonchev–Trinajstić information content (AvgIpc) is 2.58. The van der Waals surface area contributed by atoms with Gasteiger partial charge in [-0.1, -0.05) is 42.5 Å². The Balaban J connectivity index is 2.03. The van der Waals surface area contributed by atoms with Crippen LogP contribution < -0.4 is 4.74 Å². The zero-order valence-electron chi connectivity index (χ0n) is 12.7. The van der Waals surface area contributed by atoms with E-state index in [1.807, 2.05) is 6.92 Å². The van der Waals surface area contributed by atoms with Gasteiger partial charge in [-0.25, -0.2) is 0 Å². The first-order valence-electron chi connectivity index (χ1n) is 7.43. The second-order valence-corrected chi connectivity index (χ2v) is 5.21. The van der Waals surface area contributed by atoms with Crippen LogP contribution in [-0.4, -0.2) is 23.3 Å². The molecule has 2 aromatic carbocycles. The molecule has 23 heavy (non-hydrogen) atoms. The summed E-state index contributed by atoms with van der Waals surface area (Å²) < 4.78 is 5.50. The number of benzene rings is 2. The van der Waals surface area contributed by atoms with E-state index in [0.29, 0.717) is 29.0 Å². The lowest BCUT2D eigenvalue weighted by Gasteiger charge is -2.21. The lowest BCUT2D eigenvalue weighted by Crippen LogP contribution is -2.21. The molecular weight excluding hydrogens is 292 g/mol. The van der Waals surface area contributed by atoms with Gasteiger partial charge in [0.1, 0.15) is 11.9 Å². The van der Waals surface area contributed by atoms with Gasteiger partial charge in [-0.15, -0.1) is 0 Å². The fraction of sp³-hybridized carbons (Fsp3) is 0.158. The van der Waals surface area contributed by atoms with E-state index in [1.54, 1.807) is 48.5 Å². The third-order valence-corrected chi connectivity index (χ3v) is 3.79. The van der Waals surface area contributed by atoms with Crippen LogP contribution in [0.1, 0.15) is 39.3 Å². The van der Waals surface area contributed by atoms with Crippen LogP contribution in [0, 0.1) is 0 Å². The number of allylic oxidation sites excluding steroid dienone is 1. The minimum Gasteiger partial charge on any atom is -0.493 e. The molecule has 1 aliphatic carbocycles. The Morgan fingerprint density at radius 1 is 1.00 bits per heavy atom. The molecule has 0 radical (unpaired) electrons. The third-order valence-electron chi connectivity index (χ3n) is 3.79. The average molecular weight is 308 g/mol. The van der Waals surface area contributed by atoms with Crippen LogP contribution >= 0.6 is 0 Å². The highest BCUT2D eigenvalue weighted by Gasteiger charge is 2.31. The second kappa shape index (κ2) is 6.18. The van der Waals surface area contributed by atoms with Gasteiger partial charge < -0.3 is 9.84 Å². The fourth-order valence-corrected chi connectivity index (χ4v) is 2.70. The number of carbonyl (C=O) groups is 2. The summed E-state index contributed by atoms with van der Waals surface area (Å²) >= 11 is 0. The highest BCUT2D eigenvalue weighted by molar-refractivity contribution is 6.24. The van der Waals surface area contributed by atoms with E-state index >= 15 is 0 Å². The topological polar surface area (TPSA) is 63.6 Å². The van der Waals surface area contributed by atoms with Crippen LogP contribution in [-0.2, 0) is 0 Å². The number of ketones is 2. The minimum absolute atomic E-state index is 0.0702. The molecule has 1 N–H and O–H groups in total. The summed E-state index contributed by atoms with van der Waals surface area (Å²) in [6.45, 7) is 2.28. The normalized spacial score (nSPS) is 15.0. The molecule has 0 heterocycles. The van der Waals surface area contributed by atoms with Crippen molar-refractivity contribution < 1.29 is 19.4 Å². The Morgan fingerprint density at radius 2 is 1.65 bits per heavy atom. The quantitative estimate of drug-likeness (QED) is 0.942. The number of carbonyl (C=O) groups excluding carboxylic acids is 2. The van der Waals surface area contributed by atoms with Crippen molar-refractivity contribution in [1.82, 2.24) is 0 Å². The summed E-state index contributed by atoms with van der Waals surface area (Å²) in [5, 5.41) is 10.6. The van der Waals surface area contributed by atoms with E-state index in [-0.39, 0.29) is 17.1 Å². The predicted octanol–water partition coefficient (Wildman–Crippen LogP) is 3.12. The van der Waals surface area contributed by atoms with Crippen LogP contribution in [0.15, 0.2) is 60.2 Å². The maximum Gasteiger partial charge on any atom is 0.192 e. The van der Waals surface area contributed by atoms with E-state index < -0.39 is 6.10 Å². The zero-order chi connectivity index (χ0) is 16.4. The smallest absolute Gasteiger partial charge is 0.192 e. The van der Waals surface area contributed by atoms with E-state index in [0.717, 1.165) is 0 Å². The van der Waals surface area contributed by atoms with Gasteiger partial charge in [0.15, 0.2) is 11.6 Å². The van der Waals surface area contributed by atoms with Crippen molar-refractivity contribution >= 4 is 11.6 Å². The Kier molecular flexibility index (Phi) is 4.08. The van der Waals surface area contributed by atoms with Crippen molar-refractivity contribution in [3.05, 3.63) is 76.9 Å². The van der Waals surface area contributed by atoms with Gasteiger partial charge in [-0.3, -0.25) is 9.59 Å². The highest BCUT2D eigenvalue weighted by atomic mass is 16.5. The summed E-state index contributed by atoms with van der Waals surface area (Å²) in [7, 11) is 0. The number of fused-ring (bicyclic) bond motifs is 1. The molecule has 4 nitrogen and oxygen atoms in total. The molecule has 0 saturated carbocycles. The molecule has 0 aliphatic heterocycles. The number of aliphatic hydroxyl groups excluding tert-OH is 1. The lowest BCUT2D eigenvalue weighted by molar-refractivity contribution is 0.0945. The molecular formula is C19H16O4. The number of rotatable bonds is 4. The molecule has 2 aromatic rings. The monoisotopic (exact) mass is 308 g/mol. The van der Waals surface area contributed by atoms with Crippen molar-refractivity contribution in [3.8, 4) is 5.75 Å². The number of Topliss-reactive ketones (excluding diaryl/α,β-unsaturated/α-hetero) is 1. The molecule has 0 aromatic heterocycles. The third kappa shape index (κ3) is 2.69. The van der Waals surface area contributed by atoms with Crippen LogP contribution in [0.25, 0.3) is 0 Å². The SMILES string of the molecule is CCOc1ccccc1[C@H](O)C1=CC(=O)c2ccccc2C1=O. The predicted molar refractivity (Wildman–Crippen MR) is 85.8 cm³/mol. The zero-order valence-corrected chi connectivity index (χ0v) is 12.7. The van der Waals surface area contributed by atoms with Crippen molar-refractivity contribution in [3.63, 3.8) is 0 Å². The van der Waals surface area contributed by atoms with E-state index in [9.17, 15) is 14.7 Å². The van der Waals surface area contributed by atoms with Gasteiger partial charge in [0.25, 0.3) is 0 Å². The maximum atomic E-state index is 12.6. The largest absolute Gasteiger partial charge is 0.493 e. The van der Waals surface area contributed by atoms with Gasteiger partial charge in [0, 0.05) is 22.3 Å². The number of aliphatic hydroxyl groups is 1. The molecule has 0 amide bonds. The summed E-state index contributed by atoms with van der Waals surface area (Å²) in [6.07, 6.45) is 0.0143. The molecule has 3 rings (SSSR count). The number of ether oxygens (including phenoxy) is 1. The van der Waals surface area contributed by atoms with Crippen LogP contribution in [0.3, 0.4) is 0 Å². The van der Waals surface area contributed by atoms with Gasteiger partial charge in [-0.05, 0) is 19.1 Å². The summed E-state index contributed by atoms with van der Waals surface area (Å²) in [4.78, 5) is 24.8. The van der Waals surface area contributed by atoms with Crippen LogP contribution in [0.4, 0.5) is 0 Å². The molecule has 1 aliphatic rings. The van der Waals surface area contributed by atoms with Crippen molar-refractivity contribution in [2.75, 3.05) is 6.61 Å². The Labute approximate surface area is 134 Å². The molecule has 0 bridgehead atoms. The Morgan fingerprint density at radius 3 is 2.39 bits per heavy atom. The highest BCUT2D eigenvalue weighted by Crippen LogP contribution is 2.34. The molecule has 116 valence electrons. The molecule has 4 heteroatoms. The first-order chi connectivity index (χ1) is 11.1. The minimum atomic E-state index is -1.21. The van der Waals surface area contributed by atoms with E-state index in [2.05, 4.69) is 0 Å². The maximum absolute atomic E-state index is 12.6. The standard InChI is InChI=1S/C19H16O4/c1-2-23-17-10-6-5-9-14(17)19(22)15-11-16(20)12-7-3-4-8-13(12)18(15)21/h3-11,19,22H,2H2,1H3/t19-/m0/s1. The fourth-order valence-electron chi connectivity index (χ4n) is 2.70. The summed E-state index contributed by atoms with van der Waals surface area (Å²) in [5.41, 5.74) is 1.23. The van der Waals surface area contributed by atoms with E-state index in [1.165, 1.54) is 6.08 Å². The first kappa shape index (κ1) is 15.2. The van der Waals surface area contributed by atoms with Gasteiger partial charge >= 0.3 is 0 Å². The van der Waals surface area contributed by atoms with Crippen molar-refractivity contribution in [2.24, 2.45) is 0 Å². The first-order valence-corrected chi connectivity index (χ1v) is 7.43. The number of para-hydroxylation sites is 1. The van der Waals surface area contributed by atoms with Crippen molar-refractivity contribution in [2.45, 2.75) is 13.0 Å². The molecule has 1 atom stereocenters. The molecule has 0 unspecified atom stereocenters. The molecule has 0 spiro atoms. The van der Waals surface area contributed by atoms with Gasteiger partial charge in [0.05, 0.1) is 6.61 Å². The molecule has 0 fully saturated rings. The van der Waals surface area contributed by atoms with E-state index in [4.69, 9.17) is 4.74 Å². The number of hydrogen-bond donors (Lipinski definition) is 1. The lowest BCUT2D eigenvalue weighted by atomic mass is 9.85. The van der Waals surface area contributed by atoms with Crippen molar-refractivity contribution in [1.29, 1.82) is 0 Å². The Hall–Kier alpha value is -2.72. The van der Waals surface area contributed by atoms with Crippen LogP contribution in [0.5, 0.6) is 5.75 Å². The Bertz CT molecular complexity index is 805. The summed E-state index contributed by atoms with van der Waals surface area (Å²) in [6, 6.07) is 13.6. The van der Waals surface area contributed by atoms with Gasteiger partial charge in [0.2, 0.25) is 0 Å². The number of hydrogen-bond acceptors (Lipinski definition) is 4.